The molecule has 192 valence electrons. The second kappa shape index (κ2) is 11.3. The van der Waals surface area contributed by atoms with E-state index in [9.17, 15) is 14.4 Å². The number of fused-ring (bicyclic) bond motifs is 1. The Morgan fingerprint density at radius 1 is 0.892 bits per heavy atom. The van der Waals surface area contributed by atoms with Crippen LogP contribution in [0.15, 0.2) is 78.9 Å². The van der Waals surface area contributed by atoms with E-state index < -0.39 is 0 Å². The predicted molar refractivity (Wildman–Crippen MR) is 145 cm³/mol. The van der Waals surface area contributed by atoms with Crippen molar-refractivity contribution in [2.75, 3.05) is 30.5 Å². The Morgan fingerprint density at radius 2 is 1.54 bits per heavy atom. The zero-order valence-corrected chi connectivity index (χ0v) is 21.8. The Kier molecular flexibility index (Phi) is 7.92. The average molecular weight is 500 g/mol. The summed E-state index contributed by atoms with van der Waals surface area (Å²) < 4.78 is 5.55. The predicted octanol–water partition coefficient (Wildman–Crippen LogP) is 5.08. The van der Waals surface area contributed by atoms with Gasteiger partial charge in [-0.1, -0.05) is 43.3 Å². The number of likely N-dealkylation sites (N-methyl/N-ethyl adjacent to an activating group) is 1. The molecule has 1 aliphatic heterocycles. The van der Waals surface area contributed by atoms with Gasteiger partial charge in [-0.3, -0.25) is 14.4 Å². The molecule has 0 spiro atoms. The average Bonchev–Trinajstić information content (AvgIpc) is 2.92. The van der Waals surface area contributed by atoms with Gasteiger partial charge < -0.3 is 19.4 Å². The fourth-order valence-electron chi connectivity index (χ4n) is 4.70. The second-order valence-corrected chi connectivity index (χ2v) is 9.39. The molecule has 0 N–H and O–H groups in total. The molecule has 1 aliphatic rings. The summed E-state index contributed by atoms with van der Waals surface area (Å²) >= 11 is 0. The lowest BCUT2D eigenvalue weighted by atomic mass is 9.89. The van der Waals surface area contributed by atoms with Crippen LogP contribution in [0.3, 0.4) is 0 Å². The molecule has 0 bridgehead atoms. The minimum Gasteiger partial charge on any atom is -0.484 e. The topological polar surface area (TPSA) is 70.2 Å². The van der Waals surface area contributed by atoms with Gasteiger partial charge in [-0.05, 0) is 61.4 Å². The van der Waals surface area contributed by atoms with Crippen molar-refractivity contribution in [2.24, 2.45) is 0 Å². The van der Waals surface area contributed by atoms with Crippen LogP contribution in [0.4, 0.5) is 11.4 Å². The third kappa shape index (κ3) is 5.50. The molecule has 1 heterocycles. The van der Waals surface area contributed by atoms with Crippen LogP contribution in [0.25, 0.3) is 0 Å². The normalized spacial score (nSPS) is 16.5. The fraction of sp³-hybridized carbons (Fsp3) is 0.300. The quantitative estimate of drug-likeness (QED) is 0.455. The summed E-state index contributed by atoms with van der Waals surface area (Å²) in [6, 6.07) is 24.0. The van der Waals surface area contributed by atoms with Gasteiger partial charge in [0.05, 0.1) is 6.04 Å². The Hall–Kier alpha value is -4.13. The van der Waals surface area contributed by atoms with Crippen LogP contribution < -0.4 is 14.5 Å². The van der Waals surface area contributed by atoms with E-state index in [1.54, 1.807) is 38.4 Å². The largest absolute Gasteiger partial charge is 0.484 e. The first kappa shape index (κ1) is 25.9. The van der Waals surface area contributed by atoms with Gasteiger partial charge in [0.15, 0.2) is 6.61 Å². The number of para-hydroxylation sites is 2. The van der Waals surface area contributed by atoms with E-state index in [1.807, 2.05) is 78.2 Å². The first-order valence-electron chi connectivity index (χ1n) is 12.5. The number of carbonyl (C=O) groups excluding carboxylic acids is 3. The fourth-order valence-corrected chi connectivity index (χ4v) is 4.70. The van der Waals surface area contributed by atoms with Crippen LogP contribution in [-0.2, 0) is 9.59 Å². The van der Waals surface area contributed by atoms with E-state index in [0.717, 1.165) is 16.9 Å². The molecular formula is C30H33N3O4. The lowest BCUT2D eigenvalue weighted by molar-refractivity contribution is -0.130. The maximum Gasteiger partial charge on any atom is 0.259 e. The maximum absolute atomic E-state index is 13.7. The summed E-state index contributed by atoms with van der Waals surface area (Å²) in [5.41, 5.74) is 3.13. The number of rotatable bonds is 7. The summed E-state index contributed by atoms with van der Waals surface area (Å²) in [5, 5.41) is 0. The Labute approximate surface area is 218 Å². The number of carbonyl (C=O) groups is 3. The number of anilines is 2. The van der Waals surface area contributed by atoms with Crippen LogP contribution >= 0.6 is 0 Å². The van der Waals surface area contributed by atoms with Gasteiger partial charge in [0, 0.05) is 43.5 Å². The van der Waals surface area contributed by atoms with Gasteiger partial charge in [-0.25, -0.2) is 0 Å². The summed E-state index contributed by atoms with van der Waals surface area (Å²) in [4.78, 5) is 43.8. The van der Waals surface area contributed by atoms with Crippen molar-refractivity contribution in [3.63, 3.8) is 0 Å². The number of ether oxygens (including phenoxy) is 1. The Morgan fingerprint density at radius 3 is 2.19 bits per heavy atom. The molecule has 0 radical (unpaired) electrons. The van der Waals surface area contributed by atoms with Crippen molar-refractivity contribution in [2.45, 2.75) is 38.8 Å². The minimum absolute atomic E-state index is 0.0429. The first-order valence-corrected chi connectivity index (χ1v) is 12.5. The standard InChI is InChI=1S/C30H33N3O4/c1-5-28(34)33(23-11-7-6-8-12-23)27-19-21(2)32(26-14-10-9-13-25(26)27)30(36)22-15-17-24(18-16-22)37-20-29(35)31(3)4/h6-18,21,27H,5,19-20H2,1-4H3/t21-,27+/m0/s1. The number of benzene rings is 3. The molecule has 7 heteroatoms. The molecule has 0 fully saturated rings. The second-order valence-electron chi connectivity index (χ2n) is 9.39. The van der Waals surface area contributed by atoms with E-state index in [4.69, 9.17) is 4.74 Å². The van der Waals surface area contributed by atoms with Crippen molar-refractivity contribution in [1.29, 1.82) is 0 Å². The van der Waals surface area contributed by atoms with E-state index >= 15 is 0 Å². The molecule has 3 aromatic rings. The van der Waals surface area contributed by atoms with Crippen molar-refractivity contribution < 1.29 is 19.1 Å². The SMILES string of the molecule is CCC(=O)N(c1ccccc1)[C@@H]1C[C@H](C)N(C(=O)c2ccc(OCC(=O)N(C)C)cc2)c2ccccc21. The molecule has 0 saturated carbocycles. The zero-order chi connectivity index (χ0) is 26.5. The molecule has 4 rings (SSSR count). The number of hydrogen-bond donors (Lipinski definition) is 0. The molecule has 0 aromatic heterocycles. The highest BCUT2D eigenvalue weighted by molar-refractivity contribution is 6.07. The summed E-state index contributed by atoms with van der Waals surface area (Å²) in [6.45, 7) is 3.83. The zero-order valence-electron chi connectivity index (χ0n) is 21.8. The maximum atomic E-state index is 13.7. The van der Waals surface area contributed by atoms with E-state index in [-0.39, 0.29) is 36.4 Å². The summed E-state index contributed by atoms with van der Waals surface area (Å²) in [5.74, 6) is 0.304. The van der Waals surface area contributed by atoms with Gasteiger partial charge in [-0.2, -0.15) is 0 Å². The van der Waals surface area contributed by atoms with E-state index in [1.165, 1.54) is 4.90 Å². The monoisotopic (exact) mass is 499 g/mol. The van der Waals surface area contributed by atoms with Crippen molar-refractivity contribution >= 4 is 29.1 Å². The van der Waals surface area contributed by atoms with Gasteiger partial charge in [0.2, 0.25) is 5.91 Å². The third-order valence-corrected chi connectivity index (χ3v) is 6.66. The molecule has 0 aliphatic carbocycles. The van der Waals surface area contributed by atoms with E-state index in [0.29, 0.717) is 24.2 Å². The van der Waals surface area contributed by atoms with Gasteiger partial charge in [0.1, 0.15) is 5.75 Å². The smallest absolute Gasteiger partial charge is 0.259 e. The summed E-state index contributed by atoms with van der Waals surface area (Å²) in [6.07, 6.45) is 0.996. The van der Waals surface area contributed by atoms with Gasteiger partial charge >= 0.3 is 0 Å². The number of amides is 3. The lowest BCUT2D eigenvalue weighted by Crippen LogP contribution is -2.47. The molecule has 37 heavy (non-hydrogen) atoms. The molecule has 3 aromatic carbocycles. The Balaban J connectivity index is 1.63. The molecular weight excluding hydrogens is 466 g/mol. The Bertz CT molecular complexity index is 1260. The highest BCUT2D eigenvalue weighted by Crippen LogP contribution is 2.43. The molecule has 3 amide bonds. The van der Waals surface area contributed by atoms with Crippen molar-refractivity contribution in [1.82, 2.24) is 4.90 Å². The van der Waals surface area contributed by atoms with Crippen LogP contribution in [0.2, 0.25) is 0 Å². The van der Waals surface area contributed by atoms with Crippen LogP contribution in [0.1, 0.15) is 48.7 Å². The van der Waals surface area contributed by atoms with Crippen LogP contribution in [-0.4, -0.2) is 49.4 Å². The third-order valence-electron chi connectivity index (χ3n) is 6.66. The molecule has 2 atom stereocenters. The van der Waals surface area contributed by atoms with Crippen molar-refractivity contribution in [3.05, 3.63) is 90.0 Å². The number of nitrogens with zero attached hydrogens (tertiary/aromatic N) is 3. The van der Waals surface area contributed by atoms with E-state index in [2.05, 4.69) is 0 Å². The van der Waals surface area contributed by atoms with Crippen LogP contribution in [0.5, 0.6) is 5.75 Å². The molecule has 7 nitrogen and oxygen atoms in total. The first-order chi connectivity index (χ1) is 17.8. The molecule has 0 unspecified atom stereocenters. The lowest BCUT2D eigenvalue weighted by Gasteiger charge is -2.43. The van der Waals surface area contributed by atoms with Gasteiger partial charge in [0.25, 0.3) is 11.8 Å². The van der Waals surface area contributed by atoms with Crippen molar-refractivity contribution in [3.8, 4) is 5.75 Å². The van der Waals surface area contributed by atoms with Gasteiger partial charge in [-0.15, -0.1) is 0 Å². The minimum atomic E-state index is -0.185. The molecule has 0 saturated heterocycles. The summed E-state index contributed by atoms with van der Waals surface area (Å²) in [7, 11) is 3.35. The van der Waals surface area contributed by atoms with Crippen LogP contribution in [0, 0.1) is 0 Å². The highest BCUT2D eigenvalue weighted by Gasteiger charge is 2.38. The highest BCUT2D eigenvalue weighted by atomic mass is 16.5. The number of hydrogen-bond acceptors (Lipinski definition) is 4.